The van der Waals surface area contributed by atoms with E-state index in [0.717, 1.165) is 11.1 Å². The summed E-state index contributed by atoms with van der Waals surface area (Å²) >= 11 is 0. The highest BCUT2D eigenvalue weighted by atomic mass is 16.5. The van der Waals surface area contributed by atoms with Crippen molar-refractivity contribution in [2.24, 2.45) is 0 Å². The monoisotopic (exact) mass is 339 g/mol. The van der Waals surface area contributed by atoms with Gasteiger partial charge in [0.05, 0.1) is 5.56 Å². The van der Waals surface area contributed by atoms with Gasteiger partial charge in [0.1, 0.15) is 0 Å². The van der Waals surface area contributed by atoms with E-state index in [1.165, 1.54) is 0 Å². The number of anilines is 1. The zero-order chi connectivity index (χ0) is 18.6. The molecule has 1 atom stereocenters. The fraction of sp³-hybridized carbons (Fsp3) is 0.333. The van der Waals surface area contributed by atoms with Gasteiger partial charge in [-0.15, -0.1) is 0 Å². The molecule has 0 bridgehead atoms. The maximum Gasteiger partial charge on any atom is 0.338 e. The third kappa shape index (κ3) is 4.92. The Morgan fingerprint density at radius 3 is 2.16 bits per heavy atom. The molecule has 0 saturated carbocycles. The summed E-state index contributed by atoms with van der Waals surface area (Å²) in [7, 11) is 0. The molecule has 2 rings (SSSR count). The lowest BCUT2D eigenvalue weighted by atomic mass is 9.87. The van der Waals surface area contributed by atoms with Gasteiger partial charge in [-0.3, -0.25) is 4.79 Å². The molecule has 0 aliphatic carbocycles. The number of para-hydroxylation sites is 1. The van der Waals surface area contributed by atoms with E-state index in [9.17, 15) is 9.59 Å². The Balaban J connectivity index is 1.99. The summed E-state index contributed by atoms with van der Waals surface area (Å²) in [5.74, 6) is -0.859. The predicted octanol–water partition coefficient (Wildman–Crippen LogP) is 4.48. The molecular formula is C21H25NO3. The van der Waals surface area contributed by atoms with E-state index in [-0.39, 0.29) is 11.3 Å². The van der Waals surface area contributed by atoms with Crippen molar-refractivity contribution < 1.29 is 14.3 Å². The molecule has 132 valence electrons. The van der Waals surface area contributed by atoms with E-state index in [4.69, 9.17) is 4.74 Å². The Bertz CT molecular complexity index is 757. The fourth-order valence-corrected chi connectivity index (χ4v) is 2.34. The lowest BCUT2D eigenvalue weighted by Gasteiger charge is -2.19. The van der Waals surface area contributed by atoms with Gasteiger partial charge in [-0.2, -0.15) is 0 Å². The van der Waals surface area contributed by atoms with Crippen LogP contribution in [0.3, 0.4) is 0 Å². The number of amides is 1. The minimum Gasteiger partial charge on any atom is -0.449 e. The van der Waals surface area contributed by atoms with Gasteiger partial charge >= 0.3 is 5.97 Å². The molecule has 0 fully saturated rings. The zero-order valence-electron chi connectivity index (χ0n) is 15.4. The third-order valence-corrected chi connectivity index (χ3v) is 4.04. The maximum atomic E-state index is 12.2. The zero-order valence-corrected chi connectivity index (χ0v) is 15.4. The SMILES string of the molecule is Cc1ccccc1NC(=O)[C@@H](C)OC(=O)c1ccc(C(C)(C)C)cc1. The normalized spacial score (nSPS) is 12.4. The van der Waals surface area contributed by atoms with Gasteiger partial charge in [0.15, 0.2) is 6.10 Å². The second kappa shape index (κ2) is 7.51. The smallest absolute Gasteiger partial charge is 0.338 e. The van der Waals surface area contributed by atoms with E-state index in [1.807, 2.05) is 43.3 Å². The number of aryl methyl sites for hydroxylation is 1. The molecule has 4 nitrogen and oxygen atoms in total. The van der Waals surface area contributed by atoms with Crippen molar-refractivity contribution in [1.82, 2.24) is 0 Å². The van der Waals surface area contributed by atoms with Gasteiger partial charge < -0.3 is 10.1 Å². The van der Waals surface area contributed by atoms with Gasteiger partial charge in [0.2, 0.25) is 0 Å². The number of carbonyl (C=O) groups excluding carboxylic acids is 2. The maximum absolute atomic E-state index is 12.2. The number of rotatable bonds is 4. The molecule has 25 heavy (non-hydrogen) atoms. The van der Waals surface area contributed by atoms with Crippen molar-refractivity contribution in [3.8, 4) is 0 Å². The summed E-state index contributed by atoms with van der Waals surface area (Å²) < 4.78 is 5.28. The molecule has 0 saturated heterocycles. The Hall–Kier alpha value is -2.62. The number of hydrogen-bond acceptors (Lipinski definition) is 3. The van der Waals surface area contributed by atoms with Crippen LogP contribution < -0.4 is 5.32 Å². The quantitative estimate of drug-likeness (QED) is 0.836. The molecule has 1 N–H and O–H groups in total. The van der Waals surface area contributed by atoms with E-state index in [0.29, 0.717) is 11.3 Å². The van der Waals surface area contributed by atoms with Gasteiger partial charge in [0, 0.05) is 5.69 Å². The number of esters is 1. The third-order valence-electron chi connectivity index (χ3n) is 4.04. The minimum atomic E-state index is -0.880. The summed E-state index contributed by atoms with van der Waals surface area (Å²) in [6, 6.07) is 14.7. The van der Waals surface area contributed by atoms with Crippen molar-refractivity contribution in [3.63, 3.8) is 0 Å². The predicted molar refractivity (Wildman–Crippen MR) is 99.8 cm³/mol. The molecule has 4 heteroatoms. The topological polar surface area (TPSA) is 55.4 Å². The number of ether oxygens (including phenoxy) is 1. The van der Waals surface area contributed by atoms with Crippen LogP contribution in [0, 0.1) is 6.92 Å². The summed E-state index contributed by atoms with van der Waals surface area (Å²) in [6.07, 6.45) is -0.880. The highest BCUT2D eigenvalue weighted by Gasteiger charge is 2.20. The van der Waals surface area contributed by atoms with Crippen LogP contribution in [-0.2, 0) is 14.9 Å². The lowest BCUT2D eigenvalue weighted by molar-refractivity contribution is -0.123. The largest absolute Gasteiger partial charge is 0.449 e. The molecule has 0 aliphatic rings. The molecule has 0 radical (unpaired) electrons. The number of hydrogen-bond donors (Lipinski definition) is 1. The standard InChI is InChI=1S/C21H25NO3/c1-14-8-6-7-9-18(14)22-19(23)15(2)25-20(24)16-10-12-17(13-11-16)21(3,4)5/h6-13,15H,1-5H3,(H,22,23)/t15-/m1/s1. The summed E-state index contributed by atoms with van der Waals surface area (Å²) in [5.41, 5.74) is 3.25. The molecule has 1 amide bonds. The summed E-state index contributed by atoms with van der Waals surface area (Å²) in [6.45, 7) is 9.80. The number of benzene rings is 2. The molecule has 0 aromatic heterocycles. The van der Waals surface area contributed by atoms with E-state index < -0.39 is 12.1 Å². The van der Waals surface area contributed by atoms with Gasteiger partial charge in [-0.05, 0) is 48.6 Å². The molecule has 0 spiro atoms. The Labute approximate surface area is 149 Å². The van der Waals surface area contributed by atoms with Crippen molar-refractivity contribution >= 4 is 17.6 Å². The molecule has 2 aromatic carbocycles. The van der Waals surface area contributed by atoms with E-state index >= 15 is 0 Å². The minimum absolute atomic E-state index is 0.0170. The van der Waals surface area contributed by atoms with Crippen LogP contribution in [0.4, 0.5) is 5.69 Å². The Morgan fingerprint density at radius 2 is 1.60 bits per heavy atom. The van der Waals surface area contributed by atoms with Gasteiger partial charge in [0.25, 0.3) is 5.91 Å². The van der Waals surface area contributed by atoms with Crippen LogP contribution >= 0.6 is 0 Å². The first-order chi connectivity index (χ1) is 11.7. The Morgan fingerprint density at radius 1 is 1.00 bits per heavy atom. The second-order valence-corrected chi connectivity index (χ2v) is 7.18. The molecule has 0 aliphatic heterocycles. The van der Waals surface area contributed by atoms with Crippen LogP contribution in [0.1, 0.15) is 49.2 Å². The first-order valence-electron chi connectivity index (χ1n) is 8.36. The second-order valence-electron chi connectivity index (χ2n) is 7.18. The van der Waals surface area contributed by atoms with Crippen LogP contribution in [0.15, 0.2) is 48.5 Å². The molecule has 0 unspecified atom stereocenters. The summed E-state index contributed by atoms with van der Waals surface area (Å²) in [5, 5.41) is 2.78. The fourth-order valence-electron chi connectivity index (χ4n) is 2.34. The highest BCUT2D eigenvalue weighted by Crippen LogP contribution is 2.22. The molecular weight excluding hydrogens is 314 g/mol. The van der Waals surface area contributed by atoms with Gasteiger partial charge in [-0.1, -0.05) is 51.1 Å². The Kier molecular flexibility index (Phi) is 5.62. The van der Waals surface area contributed by atoms with Crippen LogP contribution in [0.5, 0.6) is 0 Å². The molecule has 0 heterocycles. The number of nitrogens with one attached hydrogen (secondary N) is 1. The summed E-state index contributed by atoms with van der Waals surface area (Å²) in [4.78, 5) is 24.5. The van der Waals surface area contributed by atoms with Crippen LogP contribution in [0.25, 0.3) is 0 Å². The van der Waals surface area contributed by atoms with Crippen LogP contribution in [-0.4, -0.2) is 18.0 Å². The van der Waals surface area contributed by atoms with E-state index in [1.54, 1.807) is 19.1 Å². The van der Waals surface area contributed by atoms with Crippen molar-refractivity contribution in [2.75, 3.05) is 5.32 Å². The van der Waals surface area contributed by atoms with Crippen molar-refractivity contribution in [1.29, 1.82) is 0 Å². The first kappa shape index (κ1) is 18.7. The average molecular weight is 339 g/mol. The van der Waals surface area contributed by atoms with Gasteiger partial charge in [-0.25, -0.2) is 4.79 Å². The average Bonchev–Trinajstić information content (AvgIpc) is 2.56. The first-order valence-corrected chi connectivity index (χ1v) is 8.36. The molecule has 2 aromatic rings. The van der Waals surface area contributed by atoms with Crippen molar-refractivity contribution in [3.05, 3.63) is 65.2 Å². The van der Waals surface area contributed by atoms with E-state index in [2.05, 4.69) is 26.1 Å². The van der Waals surface area contributed by atoms with Crippen LogP contribution in [0.2, 0.25) is 0 Å². The highest BCUT2D eigenvalue weighted by molar-refractivity contribution is 5.97. The van der Waals surface area contributed by atoms with Crippen molar-refractivity contribution in [2.45, 2.75) is 46.1 Å². The number of carbonyl (C=O) groups is 2. The lowest BCUT2D eigenvalue weighted by Crippen LogP contribution is -2.30.